The minimum absolute atomic E-state index is 0.162. The molecule has 2 unspecified atom stereocenters. The number of hydrogen-bond acceptors (Lipinski definition) is 4. The molecule has 0 rings (SSSR count). The third-order valence-electron chi connectivity index (χ3n) is 0.780. The van der Waals surface area contributed by atoms with Crippen LogP contribution in [0.1, 0.15) is 13.8 Å². The number of ether oxygens (including phenoxy) is 1. The van der Waals surface area contributed by atoms with Crippen LogP contribution < -0.4 is 11.5 Å². The normalized spacial score (nSPS) is 14.7. The first-order valence-corrected chi connectivity index (χ1v) is 3.67. The fourth-order valence-corrected chi connectivity index (χ4v) is 0.241. The third-order valence-corrected chi connectivity index (χ3v) is 0.780. The lowest BCUT2D eigenvalue weighted by Gasteiger charge is -1.97. The van der Waals surface area contributed by atoms with Crippen molar-refractivity contribution in [1.82, 2.24) is 0 Å². The van der Waals surface area contributed by atoms with E-state index >= 15 is 0 Å². The minimum Gasteiger partial charge on any atom is -0.391 e. The second-order valence-corrected chi connectivity index (χ2v) is 2.52. The van der Waals surface area contributed by atoms with E-state index in [0.29, 0.717) is 13.2 Å². The van der Waals surface area contributed by atoms with Crippen LogP contribution in [0.4, 0.5) is 0 Å². The van der Waals surface area contributed by atoms with Crippen LogP contribution in [-0.2, 0) is 4.74 Å². The molecule has 0 aliphatic heterocycles. The quantitative estimate of drug-likeness (QED) is 0.515. The third kappa shape index (κ3) is 25.8. The molecular formula is C7H20N2O2. The molecule has 4 heteroatoms. The van der Waals surface area contributed by atoms with Gasteiger partial charge in [-0.3, -0.25) is 0 Å². The van der Waals surface area contributed by atoms with Gasteiger partial charge < -0.3 is 21.3 Å². The molecule has 11 heavy (non-hydrogen) atoms. The van der Waals surface area contributed by atoms with Gasteiger partial charge in [-0.1, -0.05) is 0 Å². The predicted octanol–water partition coefficient (Wildman–Crippen LogP) is -0.694. The summed E-state index contributed by atoms with van der Waals surface area (Å²) >= 11 is 0. The number of rotatable bonds is 3. The smallest absolute Gasteiger partial charge is 0.0745 e. The summed E-state index contributed by atoms with van der Waals surface area (Å²) in [7, 11) is 1.56. The lowest BCUT2D eigenvalue weighted by atomic mass is 10.4. The van der Waals surface area contributed by atoms with Crippen LogP contribution in [0, 0.1) is 0 Å². The highest BCUT2D eigenvalue weighted by molar-refractivity contribution is 4.48. The molecule has 70 valence electrons. The van der Waals surface area contributed by atoms with Crippen LogP contribution in [0.15, 0.2) is 0 Å². The molecule has 0 aromatic rings. The maximum absolute atomic E-state index is 8.43. The largest absolute Gasteiger partial charge is 0.391 e. The van der Waals surface area contributed by atoms with Crippen LogP contribution in [0.2, 0.25) is 0 Å². The topological polar surface area (TPSA) is 81.5 Å². The van der Waals surface area contributed by atoms with E-state index in [4.69, 9.17) is 16.6 Å². The van der Waals surface area contributed by atoms with Gasteiger partial charge >= 0.3 is 0 Å². The van der Waals surface area contributed by atoms with Crippen molar-refractivity contribution in [3.8, 4) is 0 Å². The monoisotopic (exact) mass is 164 g/mol. The molecule has 5 N–H and O–H groups in total. The van der Waals surface area contributed by atoms with E-state index in [1.807, 2.05) is 6.92 Å². The maximum atomic E-state index is 8.43. The second-order valence-electron chi connectivity index (χ2n) is 2.52. The molecule has 0 saturated carbocycles. The van der Waals surface area contributed by atoms with Crippen molar-refractivity contribution in [2.24, 2.45) is 11.5 Å². The standard InChI is InChI=1S/C4H10O2.C3H10N2/c1-4(5)3-6-2;1-3(5)2-4/h4-5H,3H2,1-2H3;3H,2,4-5H2,1H3. The molecule has 4 nitrogen and oxygen atoms in total. The van der Waals surface area contributed by atoms with Crippen molar-refractivity contribution in [3.63, 3.8) is 0 Å². The first-order valence-electron chi connectivity index (χ1n) is 3.67. The van der Waals surface area contributed by atoms with E-state index in [-0.39, 0.29) is 12.1 Å². The Morgan fingerprint density at radius 1 is 1.45 bits per heavy atom. The Bertz CT molecular complexity index is 67.5. The highest BCUT2D eigenvalue weighted by atomic mass is 16.5. The zero-order chi connectivity index (χ0) is 9.28. The van der Waals surface area contributed by atoms with Gasteiger partial charge in [0.15, 0.2) is 0 Å². The van der Waals surface area contributed by atoms with Crippen LogP contribution >= 0.6 is 0 Å². The second kappa shape index (κ2) is 9.84. The van der Waals surface area contributed by atoms with Gasteiger partial charge in [0, 0.05) is 19.7 Å². The fourth-order valence-electron chi connectivity index (χ4n) is 0.241. The summed E-state index contributed by atoms with van der Waals surface area (Å²) in [6.45, 7) is 4.57. The molecule has 2 atom stereocenters. The van der Waals surface area contributed by atoms with Crippen LogP contribution in [0.3, 0.4) is 0 Å². The molecule has 0 spiro atoms. The van der Waals surface area contributed by atoms with Gasteiger partial charge in [0.25, 0.3) is 0 Å². The lowest BCUT2D eigenvalue weighted by Crippen LogP contribution is -2.25. The van der Waals surface area contributed by atoms with Gasteiger partial charge in [-0.25, -0.2) is 0 Å². The Hall–Kier alpha value is -0.160. The molecule has 0 aliphatic rings. The molecule has 0 aliphatic carbocycles. The van der Waals surface area contributed by atoms with Crippen molar-refractivity contribution in [3.05, 3.63) is 0 Å². The molecule has 0 fully saturated rings. The van der Waals surface area contributed by atoms with Crippen molar-refractivity contribution in [2.45, 2.75) is 26.0 Å². The Morgan fingerprint density at radius 2 is 1.82 bits per heavy atom. The first kappa shape index (κ1) is 13.4. The van der Waals surface area contributed by atoms with Crippen LogP contribution in [-0.4, -0.2) is 37.5 Å². The highest BCUT2D eigenvalue weighted by Gasteiger charge is 1.87. The average Bonchev–Trinajstić information content (AvgIpc) is 1.89. The van der Waals surface area contributed by atoms with E-state index in [2.05, 4.69) is 4.74 Å². The van der Waals surface area contributed by atoms with E-state index < -0.39 is 0 Å². The van der Waals surface area contributed by atoms with Gasteiger partial charge in [-0.15, -0.1) is 0 Å². The molecular weight excluding hydrogens is 144 g/mol. The molecule has 0 amide bonds. The van der Waals surface area contributed by atoms with Crippen molar-refractivity contribution in [2.75, 3.05) is 20.3 Å². The van der Waals surface area contributed by atoms with Crippen molar-refractivity contribution >= 4 is 0 Å². The summed E-state index contributed by atoms with van der Waals surface area (Å²) in [5.74, 6) is 0. The highest BCUT2D eigenvalue weighted by Crippen LogP contribution is 1.75. The first-order chi connectivity index (χ1) is 5.04. The molecule has 0 aromatic carbocycles. The SMILES string of the molecule is CC(N)CN.COCC(C)O. The van der Waals surface area contributed by atoms with E-state index in [9.17, 15) is 0 Å². The molecule has 0 radical (unpaired) electrons. The summed E-state index contributed by atoms with van der Waals surface area (Å²) in [5, 5.41) is 8.43. The fraction of sp³-hybridized carbons (Fsp3) is 1.00. The average molecular weight is 164 g/mol. The van der Waals surface area contributed by atoms with E-state index in [1.54, 1.807) is 14.0 Å². The number of hydrogen-bond donors (Lipinski definition) is 3. The van der Waals surface area contributed by atoms with Gasteiger partial charge in [0.2, 0.25) is 0 Å². The van der Waals surface area contributed by atoms with Crippen LogP contribution in [0.5, 0.6) is 0 Å². The van der Waals surface area contributed by atoms with Crippen molar-refractivity contribution < 1.29 is 9.84 Å². The number of aliphatic hydroxyl groups is 1. The van der Waals surface area contributed by atoms with Crippen molar-refractivity contribution in [1.29, 1.82) is 0 Å². The minimum atomic E-state index is -0.324. The Morgan fingerprint density at radius 3 is 1.82 bits per heavy atom. The Balaban J connectivity index is 0. The van der Waals surface area contributed by atoms with Gasteiger partial charge in [-0.2, -0.15) is 0 Å². The van der Waals surface area contributed by atoms with Gasteiger partial charge in [-0.05, 0) is 13.8 Å². The predicted molar refractivity (Wildman–Crippen MR) is 46.3 cm³/mol. The summed E-state index contributed by atoms with van der Waals surface area (Å²) < 4.78 is 4.55. The zero-order valence-corrected chi connectivity index (χ0v) is 7.58. The van der Waals surface area contributed by atoms with Gasteiger partial charge in [0.05, 0.1) is 12.7 Å². The molecule has 0 aromatic heterocycles. The lowest BCUT2D eigenvalue weighted by molar-refractivity contribution is 0.0765. The Kier molecular flexibility index (Phi) is 12.0. The maximum Gasteiger partial charge on any atom is 0.0745 e. The summed E-state index contributed by atoms with van der Waals surface area (Å²) in [4.78, 5) is 0. The van der Waals surface area contributed by atoms with E-state index in [1.165, 1.54) is 0 Å². The summed E-state index contributed by atoms with van der Waals surface area (Å²) in [6.07, 6.45) is -0.324. The summed E-state index contributed by atoms with van der Waals surface area (Å²) in [5.41, 5.74) is 10.2. The molecule has 0 heterocycles. The number of aliphatic hydroxyl groups excluding tert-OH is 1. The zero-order valence-electron chi connectivity index (χ0n) is 7.58. The number of methoxy groups -OCH3 is 1. The van der Waals surface area contributed by atoms with Crippen LogP contribution in [0.25, 0.3) is 0 Å². The molecule has 0 saturated heterocycles. The summed E-state index contributed by atoms with van der Waals surface area (Å²) in [6, 6.07) is 0.162. The Labute approximate surface area is 68.5 Å². The molecule has 0 bridgehead atoms. The van der Waals surface area contributed by atoms with E-state index in [0.717, 1.165) is 0 Å². The van der Waals surface area contributed by atoms with Gasteiger partial charge in [0.1, 0.15) is 0 Å². The number of nitrogens with two attached hydrogens (primary N) is 2.